The summed E-state index contributed by atoms with van der Waals surface area (Å²) < 4.78 is 29.5. The van der Waals surface area contributed by atoms with Gasteiger partial charge in [-0.05, 0) is 30.3 Å². The molecule has 2 heterocycles. The second-order valence-corrected chi connectivity index (χ2v) is 5.59. The van der Waals surface area contributed by atoms with Gasteiger partial charge in [0.2, 0.25) is 11.7 Å². The number of benzene rings is 2. The summed E-state index contributed by atoms with van der Waals surface area (Å²) >= 11 is 0. The highest BCUT2D eigenvalue weighted by Gasteiger charge is 2.18. The van der Waals surface area contributed by atoms with Crippen LogP contribution in [0.15, 0.2) is 40.9 Å². The Kier molecular flexibility index (Phi) is 4.00. The summed E-state index contributed by atoms with van der Waals surface area (Å²) in [5.41, 5.74) is 2.03. The summed E-state index contributed by atoms with van der Waals surface area (Å²) in [5.74, 6) is 1.53. The Labute approximate surface area is 147 Å². The smallest absolute Gasteiger partial charge is 0.232 e. The number of H-pyrrole nitrogens is 1. The third-order valence-corrected chi connectivity index (χ3v) is 4.03. The maximum Gasteiger partial charge on any atom is 0.232 e. The second-order valence-electron chi connectivity index (χ2n) is 5.59. The van der Waals surface area contributed by atoms with Crippen molar-refractivity contribution in [2.75, 3.05) is 14.2 Å². The van der Waals surface area contributed by atoms with Crippen molar-refractivity contribution < 1.29 is 18.4 Å². The molecule has 26 heavy (non-hydrogen) atoms. The predicted molar refractivity (Wildman–Crippen MR) is 91.7 cm³/mol. The van der Waals surface area contributed by atoms with Gasteiger partial charge in [-0.1, -0.05) is 11.2 Å². The number of halogens is 1. The summed E-state index contributed by atoms with van der Waals surface area (Å²) in [5, 5.41) is 11.7. The van der Waals surface area contributed by atoms with Crippen LogP contribution in [0.25, 0.3) is 22.3 Å². The van der Waals surface area contributed by atoms with Gasteiger partial charge in [0, 0.05) is 5.39 Å². The maximum absolute atomic E-state index is 13.5. The van der Waals surface area contributed by atoms with Crippen LogP contribution in [-0.4, -0.2) is 34.6 Å². The van der Waals surface area contributed by atoms with Gasteiger partial charge in [-0.3, -0.25) is 5.10 Å². The van der Waals surface area contributed by atoms with E-state index in [0.29, 0.717) is 51.8 Å². The predicted octanol–water partition coefficient (Wildman–Crippen LogP) is 3.36. The number of aromatic nitrogens is 4. The van der Waals surface area contributed by atoms with Crippen molar-refractivity contribution in [1.82, 2.24) is 20.3 Å². The van der Waals surface area contributed by atoms with Crippen LogP contribution >= 0.6 is 0 Å². The largest absolute Gasteiger partial charge is 0.493 e. The highest BCUT2D eigenvalue weighted by atomic mass is 19.1. The Morgan fingerprint density at radius 2 is 2.04 bits per heavy atom. The summed E-state index contributed by atoms with van der Waals surface area (Å²) in [6.07, 6.45) is 0.305. The minimum atomic E-state index is -0.326. The normalized spacial score (nSPS) is 11.0. The minimum Gasteiger partial charge on any atom is -0.493 e. The zero-order valence-corrected chi connectivity index (χ0v) is 14.1. The van der Waals surface area contributed by atoms with Gasteiger partial charge < -0.3 is 14.0 Å². The molecular weight excluding hydrogens is 339 g/mol. The van der Waals surface area contributed by atoms with Gasteiger partial charge in [0.15, 0.2) is 11.5 Å². The molecule has 0 radical (unpaired) electrons. The highest BCUT2D eigenvalue weighted by Crippen LogP contribution is 2.36. The molecule has 0 spiro atoms. The van der Waals surface area contributed by atoms with Crippen molar-refractivity contribution in [2.24, 2.45) is 0 Å². The number of nitrogens with one attached hydrogen (secondary N) is 1. The SMILES string of the molecule is COc1cccc(-c2noc(Cc3[nH]nc4ccc(F)cc34)n2)c1OC. The van der Waals surface area contributed by atoms with E-state index < -0.39 is 0 Å². The molecule has 0 aliphatic carbocycles. The first-order valence-electron chi connectivity index (χ1n) is 7.86. The highest BCUT2D eigenvalue weighted by molar-refractivity contribution is 5.81. The zero-order valence-electron chi connectivity index (χ0n) is 14.1. The first kappa shape index (κ1) is 16.1. The van der Waals surface area contributed by atoms with Gasteiger partial charge in [0.05, 0.1) is 37.4 Å². The standard InChI is InChI=1S/C18H15FN4O3/c1-24-15-5-3-4-11(17(15)25-2)18-20-16(26-23-18)9-14-12-8-10(19)6-7-13(12)21-22-14/h3-8H,9H2,1-2H3,(H,21,22). The molecular formula is C18H15FN4O3. The fraction of sp³-hybridized carbons (Fsp3) is 0.167. The Bertz CT molecular complexity index is 1070. The molecule has 8 heteroatoms. The summed E-state index contributed by atoms with van der Waals surface area (Å²) in [4.78, 5) is 4.41. The minimum absolute atomic E-state index is 0.305. The number of aromatic amines is 1. The van der Waals surface area contributed by atoms with Crippen molar-refractivity contribution in [3.63, 3.8) is 0 Å². The zero-order chi connectivity index (χ0) is 18.1. The van der Waals surface area contributed by atoms with E-state index in [1.165, 1.54) is 12.1 Å². The third-order valence-electron chi connectivity index (χ3n) is 4.03. The molecule has 2 aromatic carbocycles. The lowest BCUT2D eigenvalue weighted by Crippen LogP contribution is -1.94. The molecule has 1 N–H and O–H groups in total. The number of methoxy groups -OCH3 is 2. The molecule has 0 aliphatic heterocycles. The number of rotatable bonds is 5. The van der Waals surface area contributed by atoms with Crippen LogP contribution in [-0.2, 0) is 6.42 Å². The van der Waals surface area contributed by atoms with E-state index in [1.807, 2.05) is 12.1 Å². The lowest BCUT2D eigenvalue weighted by Gasteiger charge is -2.09. The van der Waals surface area contributed by atoms with Gasteiger partial charge in [-0.2, -0.15) is 10.1 Å². The van der Waals surface area contributed by atoms with E-state index in [-0.39, 0.29) is 5.82 Å². The molecule has 0 atom stereocenters. The fourth-order valence-electron chi connectivity index (χ4n) is 2.82. The Morgan fingerprint density at radius 1 is 1.15 bits per heavy atom. The topological polar surface area (TPSA) is 86.1 Å². The molecule has 4 rings (SSSR count). The van der Waals surface area contributed by atoms with Crippen LogP contribution in [0.3, 0.4) is 0 Å². The van der Waals surface area contributed by atoms with Gasteiger partial charge in [-0.25, -0.2) is 4.39 Å². The quantitative estimate of drug-likeness (QED) is 0.591. The monoisotopic (exact) mass is 354 g/mol. The molecule has 0 saturated heterocycles. The molecule has 0 saturated carbocycles. The number of fused-ring (bicyclic) bond motifs is 1. The van der Waals surface area contributed by atoms with Crippen molar-refractivity contribution in [3.05, 3.63) is 53.8 Å². The van der Waals surface area contributed by atoms with Crippen molar-refractivity contribution in [2.45, 2.75) is 6.42 Å². The fourth-order valence-corrected chi connectivity index (χ4v) is 2.82. The number of para-hydroxylation sites is 1. The second kappa shape index (κ2) is 6.47. The average Bonchev–Trinajstić information content (AvgIpc) is 3.28. The van der Waals surface area contributed by atoms with E-state index in [4.69, 9.17) is 14.0 Å². The van der Waals surface area contributed by atoms with Gasteiger partial charge in [0.1, 0.15) is 5.82 Å². The van der Waals surface area contributed by atoms with Crippen LogP contribution in [0.4, 0.5) is 4.39 Å². The number of hydrogen-bond acceptors (Lipinski definition) is 6. The van der Waals surface area contributed by atoms with Gasteiger partial charge >= 0.3 is 0 Å². The van der Waals surface area contributed by atoms with Crippen molar-refractivity contribution in [3.8, 4) is 22.9 Å². The molecule has 7 nitrogen and oxygen atoms in total. The molecule has 0 fully saturated rings. The first-order chi connectivity index (χ1) is 12.7. The van der Waals surface area contributed by atoms with Crippen LogP contribution in [0, 0.1) is 5.82 Å². The van der Waals surface area contributed by atoms with E-state index in [2.05, 4.69) is 20.3 Å². The molecule has 0 aliphatic rings. The summed E-state index contributed by atoms with van der Waals surface area (Å²) in [6, 6.07) is 9.83. The van der Waals surface area contributed by atoms with E-state index in [9.17, 15) is 4.39 Å². The molecule has 0 bridgehead atoms. The average molecular weight is 354 g/mol. The lowest BCUT2D eigenvalue weighted by molar-refractivity contribution is 0.355. The maximum atomic E-state index is 13.5. The third kappa shape index (κ3) is 2.75. The summed E-state index contributed by atoms with van der Waals surface area (Å²) in [7, 11) is 3.11. The molecule has 132 valence electrons. The van der Waals surface area contributed by atoms with Crippen LogP contribution in [0.5, 0.6) is 11.5 Å². The lowest BCUT2D eigenvalue weighted by atomic mass is 10.1. The van der Waals surface area contributed by atoms with Crippen molar-refractivity contribution in [1.29, 1.82) is 0 Å². The van der Waals surface area contributed by atoms with E-state index >= 15 is 0 Å². The Hall–Kier alpha value is -3.42. The van der Waals surface area contributed by atoms with Crippen LogP contribution in [0.1, 0.15) is 11.6 Å². The van der Waals surface area contributed by atoms with Crippen LogP contribution < -0.4 is 9.47 Å². The molecule has 4 aromatic rings. The Morgan fingerprint density at radius 3 is 2.85 bits per heavy atom. The Balaban J connectivity index is 1.67. The number of ether oxygens (including phenoxy) is 2. The van der Waals surface area contributed by atoms with E-state index in [1.54, 1.807) is 26.4 Å². The molecule has 0 unspecified atom stereocenters. The van der Waals surface area contributed by atoms with Gasteiger partial charge in [0.25, 0.3) is 0 Å². The number of hydrogen-bond donors (Lipinski definition) is 1. The number of nitrogens with zero attached hydrogens (tertiary/aromatic N) is 3. The summed E-state index contributed by atoms with van der Waals surface area (Å²) in [6.45, 7) is 0. The van der Waals surface area contributed by atoms with E-state index in [0.717, 1.165) is 0 Å². The first-order valence-corrected chi connectivity index (χ1v) is 7.86. The molecule has 0 amide bonds. The van der Waals surface area contributed by atoms with Crippen LogP contribution in [0.2, 0.25) is 0 Å². The van der Waals surface area contributed by atoms with Gasteiger partial charge in [-0.15, -0.1) is 0 Å². The molecule has 2 aromatic heterocycles. The van der Waals surface area contributed by atoms with Crippen molar-refractivity contribution >= 4 is 10.9 Å².